The summed E-state index contributed by atoms with van der Waals surface area (Å²) in [6.45, 7) is 7.02. The van der Waals surface area contributed by atoms with Gasteiger partial charge < -0.3 is 9.84 Å². The van der Waals surface area contributed by atoms with Crippen LogP contribution in [0.25, 0.3) is 0 Å². The van der Waals surface area contributed by atoms with Crippen molar-refractivity contribution in [1.29, 1.82) is 0 Å². The highest BCUT2D eigenvalue weighted by Gasteiger charge is 2.14. The molecule has 1 N–H and O–H groups in total. The zero-order valence-corrected chi connectivity index (χ0v) is 11.3. The molecular formula is C12H14NO4Si. The smallest absolute Gasteiger partial charge is 0.332 e. The van der Waals surface area contributed by atoms with Crippen molar-refractivity contribution in [2.75, 3.05) is 6.23 Å². The van der Waals surface area contributed by atoms with Gasteiger partial charge in [0.2, 0.25) is 0 Å². The minimum Gasteiger partial charge on any atom is -0.506 e. The lowest BCUT2D eigenvalue weighted by atomic mass is 10.3. The van der Waals surface area contributed by atoms with Crippen LogP contribution < -0.4 is 5.19 Å². The van der Waals surface area contributed by atoms with Crippen LogP contribution in [0.2, 0.25) is 6.55 Å². The minimum atomic E-state index is -1.14. The number of nitroso groups, excluding NO2 is 1. The van der Waals surface area contributed by atoms with Gasteiger partial charge in [0.1, 0.15) is 20.2 Å². The van der Waals surface area contributed by atoms with Crippen LogP contribution in [-0.4, -0.2) is 26.1 Å². The average Bonchev–Trinajstić information content (AvgIpc) is 2.35. The Morgan fingerprint density at radius 1 is 1.56 bits per heavy atom. The third kappa shape index (κ3) is 3.52. The van der Waals surface area contributed by atoms with Crippen molar-refractivity contribution in [3.63, 3.8) is 0 Å². The normalized spacial score (nSPS) is 10.2. The van der Waals surface area contributed by atoms with Gasteiger partial charge in [-0.1, -0.05) is 24.4 Å². The van der Waals surface area contributed by atoms with Crippen molar-refractivity contribution >= 4 is 25.6 Å². The van der Waals surface area contributed by atoms with E-state index in [-0.39, 0.29) is 17.7 Å². The van der Waals surface area contributed by atoms with E-state index in [0.717, 1.165) is 5.19 Å². The number of hydrogen-bond donors (Lipinski definition) is 1. The van der Waals surface area contributed by atoms with E-state index in [1.54, 1.807) is 13.0 Å². The van der Waals surface area contributed by atoms with Gasteiger partial charge in [-0.15, -0.1) is 4.91 Å². The summed E-state index contributed by atoms with van der Waals surface area (Å²) < 4.78 is 5.06. The molecule has 0 atom stereocenters. The number of nitrogens with zero attached hydrogens (tertiary/aromatic N) is 1. The molecule has 0 aliphatic carbocycles. The first kappa shape index (κ1) is 14.1. The highest BCUT2D eigenvalue weighted by molar-refractivity contribution is 6.72. The van der Waals surface area contributed by atoms with Crippen molar-refractivity contribution in [2.45, 2.75) is 13.5 Å². The molecule has 1 aromatic rings. The molecule has 95 valence electrons. The van der Waals surface area contributed by atoms with E-state index >= 15 is 0 Å². The maximum atomic E-state index is 11.2. The summed E-state index contributed by atoms with van der Waals surface area (Å²) >= 11 is 0. The number of phenols is 1. The second-order valence-corrected chi connectivity index (χ2v) is 6.36. The van der Waals surface area contributed by atoms with Crippen LogP contribution in [0.1, 0.15) is 6.92 Å². The van der Waals surface area contributed by atoms with Gasteiger partial charge in [-0.25, -0.2) is 4.79 Å². The Morgan fingerprint density at radius 3 is 2.78 bits per heavy atom. The Kier molecular flexibility index (Phi) is 4.79. The number of phenolic OH excluding ortho intramolecular Hbond substituents is 1. The fraction of sp³-hybridized carbons (Fsp3) is 0.250. The largest absolute Gasteiger partial charge is 0.506 e. The van der Waals surface area contributed by atoms with Crippen LogP contribution in [0.3, 0.4) is 0 Å². The third-order valence-corrected chi connectivity index (χ3v) is 4.21. The fourth-order valence-electron chi connectivity index (χ4n) is 1.24. The number of hydrogen-bond acceptors (Lipinski definition) is 5. The molecule has 1 rings (SSSR count). The van der Waals surface area contributed by atoms with Crippen LogP contribution in [0, 0.1) is 4.91 Å². The summed E-state index contributed by atoms with van der Waals surface area (Å²) in [5.74, 6) is -0.575. The molecule has 18 heavy (non-hydrogen) atoms. The zero-order valence-electron chi connectivity index (χ0n) is 10.3. The summed E-state index contributed by atoms with van der Waals surface area (Å²) in [5.41, 5.74) is 0.355. The van der Waals surface area contributed by atoms with Crippen LogP contribution in [0.15, 0.2) is 35.5 Å². The Morgan fingerprint density at radius 2 is 2.22 bits per heavy atom. The Balaban J connectivity index is 2.72. The first-order chi connectivity index (χ1) is 8.45. The summed E-state index contributed by atoms with van der Waals surface area (Å²) in [7, 11) is -1.14. The quantitative estimate of drug-likeness (QED) is 0.380. The highest BCUT2D eigenvalue weighted by Crippen LogP contribution is 2.23. The standard InChI is InChI=1S/C12H14NO4Si/c1-8(2)12(15)17-7-18(3)9-4-5-11(14)10(6-9)13-16/h4-6,14H,1,7H2,2-3H3. The molecule has 5 nitrogen and oxygen atoms in total. The van der Waals surface area contributed by atoms with Crippen molar-refractivity contribution in [3.8, 4) is 5.75 Å². The minimum absolute atomic E-state index is 0.00285. The summed E-state index contributed by atoms with van der Waals surface area (Å²) in [4.78, 5) is 21.7. The van der Waals surface area contributed by atoms with Crippen LogP contribution in [0.5, 0.6) is 5.75 Å². The van der Waals surface area contributed by atoms with Crippen LogP contribution >= 0.6 is 0 Å². The number of rotatable bonds is 5. The molecule has 0 spiro atoms. The second-order valence-electron chi connectivity index (χ2n) is 3.93. The summed E-state index contributed by atoms with van der Waals surface area (Å²) in [6.07, 6.45) is 0.277. The van der Waals surface area contributed by atoms with E-state index in [1.807, 2.05) is 6.55 Å². The Bertz CT molecular complexity index is 487. The highest BCUT2D eigenvalue weighted by atomic mass is 28.3. The number of carbonyl (C=O) groups is 1. The van der Waals surface area contributed by atoms with Gasteiger partial charge in [-0.3, -0.25) is 0 Å². The molecule has 6 heteroatoms. The first-order valence-electron chi connectivity index (χ1n) is 5.27. The molecule has 0 saturated carbocycles. The predicted molar refractivity (Wildman–Crippen MR) is 70.6 cm³/mol. The predicted octanol–water partition coefficient (Wildman–Crippen LogP) is 1.78. The van der Waals surface area contributed by atoms with Gasteiger partial charge in [0, 0.05) is 5.57 Å². The molecule has 0 aliphatic heterocycles. The van der Waals surface area contributed by atoms with Gasteiger partial charge in [0.25, 0.3) is 0 Å². The Hall–Kier alpha value is -1.95. The van der Waals surface area contributed by atoms with E-state index in [2.05, 4.69) is 11.8 Å². The maximum Gasteiger partial charge on any atom is 0.332 e. The molecule has 0 heterocycles. The number of carbonyl (C=O) groups excluding carboxylic acids is 1. The topological polar surface area (TPSA) is 76.0 Å². The van der Waals surface area contributed by atoms with Gasteiger partial charge in [-0.05, 0) is 24.2 Å². The van der Waals surface area contributed by atoms with Crippen molar-refractivity contribution in [3.05, 3.63) is 35.3 Å². The van der Waals surface area contributed by atoms with E-state index in [1.165, 1.54) is 12.1 Å². The van der Waals surface area contributed by atoms with Crippen LogP contribution in [0.4, 0.5) is 5.69 Å². The van der Waals surface area contributed by atoms with Gasteiger partial charge in [-0.2, -0.15) is 0 Å². The number of aromatic hydroxyl groups is 1. The molecule has 0 aliphatic rings. The lowest BCUT2D eigenvalue weighted by molar-refractivity contribution is -0.137. The summed E-state index contributed by atoms with van der Waals surface area (Å²) in [6, 6.07) is 4.64. The van der Waals surface area contributed by atoms with Crippen molar-refractivity contribution in [2.24, 2.45) is 5.18 Å². The van der Waals surface area contributed by atoms with Crippen molar-refractivity contribution in [1.82, 2.24) is 0 Å². The molecule has 1 aromatic carbocycles. The van der Waals surface area contributed by atoms with Gasteiger partial charge in [0.05, 0.1) is 6.23 Å². The number of ether oxygens (including phenoxy) is 1. The fourth-order valence-corrected chi connectivity index (χ4v) is 2.51. The van der Waals surface area contributed by atoms with Crippen molar-refractivity contribution < 1.29 is 14.6 Å². The second kappa shape index (κ2) is 6.11. The monoisotopic (exact) mass is 264 g/mol. The number of benzene rings is 1. The lowest BCUT2D eigenvalue weighted by Crippen LogP contribution is -2.33. The molecule has 0 bridgehead atoms. The maximum absolute atomic E-state index is 11.2. The zero-order chi connectivity index (χ0) is 13.7. The average molecular weight is 264 g/mol. The third-order valence-electron chi connectivity index (χ3n) is 2.33. The van der Waals surface area contributed by atoms with E-state index in [0.29, 0.717) is 5.57 Å². The summed E-state index contributed by atoms with van der Waals surface area (Å²) in [5, 5.41) is 12.9. The molecule has 0 saturated heterocycles. The Labute approximate surface area is 107 Å². The van der Waals surface area contributed by atoms with E-state index < -0.39 is 14.8 Å². The van der Waals surface area contributed by atoms with Gasteiger partial charge in [0.15, 0.2) is 0 Å². The molecule has 1 radical (unpaired) electrons. The molecule has 0 fully saturated rings. The number of esters is 1. The first-order valence-corrected chi connectivity index (χ1v) is 7.48. The molecule has 0 amide bonds. The van der Waals surface area contributed by atoms with E-state index in [4.69, 9.17) is 4.74 Å². The SMILES string of the molecule is C=C(C)C(=O)OC[Si](C)c1ccc(O)c(N=O)c1. The molecular weight excluding hydrogens is 250 g/mol. The lowest BCUT2D eigenvalue weighted by Gasteiger charge is -2.11. The van der Waals surface area contributed by atoms with Crippen LogP contribution in [-0.2, 0) is 9.53 Å². The molecule has 0 unspecified atom stereocenters. The van der Waals surface area contributed by atoms with Gasteiger partial charge >= 0.3 is 5.97 Å². The van der Waals surface area contributed by atoms with E-state index in [9.17, 15) is 14.8 Å². The molecule has 0 aromatic heterocycles.